The molecule has 8 nitrogen and oxygen atoms in total. The Kier molecular flexibility index (Phi) is 5.79. The lowest BCUT2D eigenvalue weighted by Gasteiger charge is -2.23. The first-order valence-corrected chi connectivity index (χ1v) is 10.4. The maximum Gasteiger partial charge on any atom is 0.247 e. The van der Waals surface area contributed by atoms with Gasteiger partial charge in [-0.25, -0.2) is 15.0 Å². The van der Waals surface area contributed by atoms with Gasteiger partial charge in [0, 0.05) is 43.2 Å². The molecule has 0 saturated carbocycles. The molecule has 0 aliphatic carbocycles. The molecule has 1 fully saturated rings. The number of nitrogens with zero attached hydrogens (tertiary/aromatic N) is 6. The number of aromatic nitrogens is 5. The van der Waals surface area contributed by atoms with Crippen molar-refractivity contribution in [2.24, 2.45) is 7.05 Å². The van der Waals surface area contributed by atoms with Crippen LogP contribution in [0.5, 0.6) is 0 Å². The first-order chi connectivity index (χ1) is 14.9. The fourth-order valence-corrected chi connectivity index (χ4v) is 4.01. The van der Waals surface area contributed by atoms with Gasteiger partial charge in [-0.05, 0) is 51.8 Å². The second kappa shape index (κ2) is 8.67. The number of hydrogen-bond acceptors (Lipinski definition) is 6. The zero-order valence-electron chi connectivity index (χ0n) is 18.3. The molecule has 0 radical (unpaired) electrons. The third kappa shape index (κ3) is 4.47. The predicted octanol–water partition coefficient (Wildman–Crippen LogP) is 3.65. The summed E-state index contributed by atoms with van der Waals surface area (Å²) in [7, 11) is 1.91. The highest BCUT2D eigenvalue weighted by Crippen LogP contribution is 2.32. The minimum atomic E-state index is -0.0702. The quantitative estimate of drug-likeness (QED) is 0.638. The van der Waals surface area contributed by atoms with E-state index >= 15 is 0 Å². The third-order valence-electron chi connectivity index (χ3n) is 5.61. The van der Waals surface area contributed by atoms with Crippen LogP contribution in [0.25, 0.3) is 6.08 Å². The zero-order chi connectivity index (χ0) is 22.0. The molecule has 1 amide bonds. The number of nitrogens with one attached hydrogen (secondary N) is 1. The van der Waals surface area contributed by atoms with Crippen molar-refractivity contribution in [2.45, 2.75) is 39.7 Å². The second-order valence-electron chi connectivity index (χ2n) is 7.80. The standard InChI is InChI=1S/C23H27N7O/c1-15-18(16(2)29(4)28-15)10-11-23(31)30-13-7-8-20(30)19-14-22(26-17(3)25-19)27-21-9-5-6-12-24-21/h5-6,9-12,14,20H,7-8,13H2,1-4H3,(H,24,25,26,27)/b11-10+. The maximum atomic E-state index is 13.0. The van der Waals surface area contributed by atoms with Crippen molar-refractivity contribution in [3.63, 3.8) is 0 Å². The van der Waals surface area contributed by atoms with Gasteiger partial charge in [0.2, 0.25) is 5.91 Å². The first-order valence-electron chi connectivity index (χ1n) is 10.4. The van der Waals surface area contributed by atoms with E-state index in [2.05, 4.69) is 25.4 Å². The first kappa shape index (κ1) is 20.7. The van der Waals surface area contributed by atoms with Crippen LogP contribution < -0.4 is 5.32 Å². The molecule has 8 heteroatoms. The summed E-state index contributed by atoms with van der Waals surface area (Å²) in [4.78, 5) is 28.3. The largest absolute Gasteiger partial charge is 0.331 e. The van der Waals surface area contributed by atoms with E-state index in [1.54, 1.807) is 12.3 Å². The van der Waals surface area contributed by atoms with Crippen molar-refractivity contribution >= 4 is 23.6 Å². The van der Waals surface area contributed by atoms with E-state index in [-0.39, 0.29) is 11.9 Å². The van der Waals surface area contributed by atoms with Crippen molar-refractivity contribution < 1.29 is 4.79 Å². The monoisotopic (exact) mass is 417 g/mol. The second-order valence-corrected chi connectivity index (χ2v) is 7.80. The summed E-state index contributed by atoms with van der Waals surface area (Å²) in [6.07, 6.45) is 7.07. The van der Waals surface area contributed by atoms with E-state index in [1.807, 2.05) is 67.7 Å². The van der Waals surface area contributed by atoms with Crippen LogP contribution in [0.3, 0.4) is 0 Å². The molecule has 160 valence electrons. The lowest BCUT2D eigenvalue weighted by molar-refractivity contribution is -0.126. The molecule has 0 spiro atoms. The summed E-state index contributed by atoms with van der Waals surface area (Å²) >= 11 is 0. The van der Waals surface area contributed by atoms with E-state index in [1.165, 1.54) is 0 Å². The van der Waals surface area contributed by atoms with Gasteiger partial charge in [0.1, 0.15) is 17.5 Å². The van der Waals surface area contributed by atoms with Crippen LogP contribution in [0.4, 0.5) is 11.6 Å². The summed E-state index contributed by atoms with van der Waals surface area (Å²) in [5.41, 5.74) is 3.79. The van der Waals surface area contributed by atoms with Gasteiger partial charge in [-0.2, -0.15) is 5.10 Å². The van der Waals surface area contributed by atoms with E-state index < -0.39 is 0 Å². The van der Waals surface area contributed by atoms with Crippen LogP contribution in [-0.2, 0) is 11.8 Å². The molecule has 4 heterocycles. The Bertz CT molecular complexity index is 1120. The number of carbonyl (C=O) groups is 1. The van der Waals surface area contributed by atoms with Gasteiger partial charge < -0.3 is 10.2 Å². The van der Waals surface area contributed by atoms with Crippen LogP contribution in [0.1, 0.15) is 47.4 Å². The van der Waals surface area contributed by atoms with Gasteiger partial charge >= 0.3 is 0 Å². The maximum absolute atomic E-state index is 13.0. The zero-order valence-corrected chi connectivity index (χ0v) is 18.3. The van der Waals surface area contributed by atoms with Crippen LogP contribution >= 0.6 is 0 Å². The highest BCUT2D eigenvalue weighted by Gasteiger charge is 2.30. The smallest absolute Gasteiger partial charge is 0.247 e. The van der Waals surface area contributed by atoms with Gasteiger partial charge in [0.15, 0.2) is 0 Å². The molecule has 3 aromatic heterocycles. The van der Waals surface area contributed by atoms with Crippen LogP contribution in [0.15, 0.2) is 36.5 Å². The number of hydrogen-bond donors (Lipinski definition) is 1. The molecule has 1 atom stereocenters. The number of aryl methyl sites for hydroxylation is 3. The molecule has 1 saturated heterocycles. The molecule has 4 rings (SSSR count). The Morgan fingerprint density at radius 1 is 1.19 bits per heavy atom. The molecule has 1 aliphatic rings. The summed E-state index contributed by atoms with van der Waals surface area (Å²) in [5.74, 6) is 2.04. The Hall–Kier alpha value is -3.55. The normalized spacial score (nSPS) is 16.3. The molecular formula is C23H27N7O. The molecular weight excluding hydrogens is 390 g/mol. The van der Waals surface area contributed by atoms with Crippen LogP contribution in [-0.4, -0.2) is 42.1 Å². The highest BCUT2D eigenvalue weighted by molar-refractivity contribution is 5.92. The summed E-state index contributed by atoms with van der Waals surface area (Å²) < 4.78 is 1.83. The van der Waals surface area contributed by atoms with Crippen LogP contribution in [0, 0.1) is 20.8 Å². The Labute approximate surface area is 182 Å². The molecule has 1 unspecified atom stereocenters. The Morgan fingerprint density at radius 3 is 2.74 bits per heavy atom. The Balaban J connectivity index is 1.55. The predicted molar refractivity (Wildman–Crippen MR) is 120 cm³/mol. The van der Waals surface area contributed by atoms with Crippen molar-refractivity contribution in [1.29, 1.82) is 0 Å². The summed E-state index contributed by atoms with van der Waals surface area (Å²) in [5, 5.41) is 7.64. The minimum absolute atomic E-state index is 0.0133. The topological polar surface area (TPSA) is 88.8 Å². The summed E-state index contributed by atoms with van der Waals surface area (Å²) in [6.45, 7) is 6.53. The van der Waals surface area contributed by atoms with E-state index in [0.717, 1.165) is 41.3 Å². The average molecular weight is 418 g/mol. The van der Waals surface area contributed by atoms with Gasteiger partial charge in [-0.1, -0.05) is 6.07 Å². The van der Waals surface area contributed by atoms with Crippen molar-refractivity contribution in [1.82, 2.24) is 29.6 Å². The lowest BCUT2D eigenvalue weighted by Crippen LogP contribution is -2.29. The minimum Gasteiger partial charge on any atom is -0.331 e. The highest BCUT2D eigenvalue weighted by atomic mass is 16.2. The van der Waals surface area contributed by atoms with Gasteiger partial charge in [-0.15, -0.1) is 0 Å². The number of amides is 1. The van der Waals surface area contributed by atoms with Gasteiger partial charge in [-0.3, -0.25) is 9.48 Å². The van der Waals surface area contributed by atoms with E-state index in [0.29, 0.717) is 18.2 Å². The fraction of sp³-hybridized carbons (Fsp3) is 0.348. The van der Waals surface area contributed by atoms with Gasteiger partial charge in [0.25, 0.3) is 0 Å². The van der Waals surface area contributed by atoms with Crippen LogP contribution in [0.2, 0.25) is 0 Å². The van der Waals surface area contributed by atoms with Crippen molar-refractivity contribution in [3.8, 4) is 0 Å². The molecule has 3 aromatic rings. The van der Waals surface area contributed by atoms with E-state index in [9.17, 15) is 4.79 Å². The third-order valence-corrected chi connectivity index (χ3v) is 5.61. The Morgan fingerprint density at radius 2 is 2.03 bits per heavy atom. The molecule has 0 aromatic carbocycles. The van der Waals surface area contributed by atoms with Crippen molar-refractivity contribution in [2.75, 3.05) is 11.9 Å². The van der Waals surface area contributed by atoms with E-state index in [4.69, 9.17) is 0 Å². The lowest BCUT2D eigenvalue weighted by atomic mass is 10.1. The molecule has 31 heavy (non-hydrogen) atoms. The number of anilines is 2. The number of rotatable bonds is 5. The SMILES string of the molecule is Cc1nc(Nc2ccccn2)cc(C2CCCN2C(=O)/C=C/c2c(C)nn(C)c2C)n1. The number of pyridine rings is 1. The number of carbonyl (C=O) groups excluding carboxylic acids is 1. The number of likely N-dealkylation sites (tertiary alicyclic amines) is 1. The summed E-state index contributed by atoms with van der Waals surface area (Å²) in [6, 6.07) is 7.51. The fourth-order valence-electron chi connectivity index (χ4n) is 4.01. The molecule has 0 bridgehead atoms. The van der Waals surface area contributed by atoms with Crippen molar-refractivity contribution in [3.05, 3.63) is 65.0 Å². The average Bonchev–Trinajstić information content (AvgIpc) is 3.32. The van der Waals surface area contributed by atoms with Gasteiger partial charge in [0.05, 0.1) is 17.4 Å². The molecule has 1 aliphatic heterocycles. The molecule has 1 N–H and O–H groups in total.